The van der Waals surface area contributed by atoms with Gasteiger partial charge >= 0.3 is 0 Å². The molecule has 7 nitrogen and oxygen atoms in total. The summed E-state index contributed by atoms with van der Waals surface area (Å²) in [6.45, 7) is 0. The van der Waals surface area contributed by atoms with Crippen molar-refractivity contribution in [2.45, 2.75) is 19.3 Å². The van der Waals surface area contributed by atoms with Gasteiger partial charge in [-0.15, -0.1) is 0 Å². The summed E-state index contributed by atoms with van der Waals surface area (Å²) in [7, 11) is 0. The Hall–Kier alpha value is -1.92. The molecule has 7 heteroatoms. The van der Waals surface area contributed by atoms with E-state index in [-0.39, 0.29) is 17.5 Å². The molecule has 2 fully saturated rings. The fourth-order valence-corrected chi connectivity index (χ4v) is 2.52. The standard InChI is InChI=1S/C10H13N5O2/c16-9(7-2-5-1-6(5)3-7)13-14-10(17)8-4-11-15-12-8/h4-7H,1-3H2,(H,13,16)(H,14,17)(H,11,12,15)/t5-,6+,7?. The van der Waals surface area contributed by atoms with Crippen LogP contribution in [0.4, 0.5) is 0 Å². The first kappa shape index (κ1) is 10.2. The molecule has 1 aromatic rings. The van der Waals surface area contributed by atoms with E-state index in [1.165, 1.54) is 12.6 Å². The van der Waals surface area contributed by atoms with Crippen LogP contribution >= 0.6 is 0 Å². The highest BCUT2D eigenvalue weighted by molar-refractivity contribution is 5.93. The summed E-state index contributed by atoms with van der Waals surface area (Å²) >= 11 is 0. The maximum Gasteiger partial charge on any atom is 0.291 e. The van der Waals surface area contributed by atoms with Gasteiger partial charge in [0.2, 0.25) is 5.91 Å². The highest BCUT2D eigenvalue weighted by Crippen LogP contribution is 2.54. The number of aromatic nitrogens is 3. The van der Waals surface area contributed by atoms with Crippen LogP contribution in [0, 0.1) is 17.8 Å². The Morgan fingerprint density at radius 1 is 1.24 bits per heavy atom. The summed E-state index contributed by atoms with van der Waals surface area (Å²) in [6.07, 6.45) is 4.48. The number of carbonyl (C=O) groups is 2. The van der Waals surface area contributed by atoms with E-state index < -0.39 is 5.91 Å². The molecule has 0 aliphatic heterocycles. The van der Waals surface area contributed by atoms with E-state index in [2.05, 4.69) is 26.3 Å². The molecule has 0 saturated heterocycles. The Balaban J connectivity index is 1.47. The van der Waals surface area contributed by atoms with E-state index in [1.54, 1.807) is 0 Å². The second-order valence-electron chi connectivity index (χ2n) is 4.72. The largest absolute Gasteiger partial charge is 0.291 e. The number of rotatable bonds is 2. The molecule has 90 valence electrons. The molecule has 3 atom stereocenters. The second-order valence-corrected chi connectivity index (χ2v) is 4.72. The second kappa shape index (κ2) is 3.83. The van der Waals surface area contributed by atoms with Crippen LogP contribution in [-0.2, 0) is 4.79 Å². The maximum atomic E-state index is 11.7. The summed E-state index contributed by atoms with van der Waals surface area (Å²) in [5.74, 6) is 0.981. The molecule has 2 aliphatic carbocycles. The molecule has 2 aliphatic rings. The molecule has 1 aromatic heterocycles. The number of amides is 2. The van der Waals surface area contributed by atoms with Crippen molar-refractivity contribution >= 4 is 11.8 Å². The Labute approximate surface area is 97.3 Å². The van der Waals surface area contributed by atoms with Gasteiger partial charge in [0.15, 0.2) is 5.69 Å². The van der Waals surface area contributed by atoms with Gasteiger partial charge in [-0.25, -0.2) is 0 Å². The third-order valence-corrected chi connectivity index (χ3v) is 3.56. The van der Waals surface area contributed by atoms with Gasteiger partial charge < -0.3 is 0 Å². The topological polar surface area (TPSA) is 99.8 Å². The smallest absolute Gasteiger partial charge is 0.273 e. The van der Waals surface area contributed by atoms with Gasteiger partial charge in [0.1, 0.15) is 0 Å². The predicted molar refractivity (Wildman–Crippen MR) is 56.3 cm³/mol. The van der Waals surface area contributed by atoms with Crippen LogP contribution in [0.25, 0.3) is 0 Å². The number of hydrogen-bond donors (Lipinski definition) is 3. The van der Waals surface area contributed by atoms with E-state index in [1.807, 2.05) is 0 Å². The van der Waals surface area contributed by atoms with Crippen LogP contribution in [-0.4, -0.2) is 27.2 Å². The maximum absolute atomic E-state index is 11.7. The first-order valence-electron chi connectivity index (χ1n) is 5.70. The van der Waals surface area contributed by atoms with Crippen molar-refractivity contribution in [3.05, 3.63) is 11.9 Å². The zero-order chi connectivity index (χ0) is 11.8. The Morgan fingerprint density at radius 2 is 2.00 bits per heavy atom. The first-order valence-corrected chi connectivity index (χ1v) is 5.70. The lowest BCUT2D eigenvalue weighted by Crippen LogP contribution is -2.44. The highest BCUT2D eigenvalue weighted by Gasteiger charge is 2.48. The van der Waals surface area contributed by atoms with Crippen LogP contribution in [0.5, 0.6) is 0 Å². The van der Waals surface area contributed by atoms with Gasteiger partial charge in [-0.05, 0) is 31.1 Å². The fraction of sp³-hybridized carbons (Fsp3) is 0.600. The van der Waals surface area contributed by atoms with E-state index in [0.717, 1.165) is 24.7 Å². The molecule has 0 spiro atoms. The van der Waals surface area contributed by atoms with Crippen LogP contribution in [0.15, 0.2) is 6.20 Å². The van der Waals surface area contributed by atoms with Gasteiger partial charge in [-0.2, -0.15) is 15.4 Å². The van der Waals surface area contributed by atoms with Crippen molar-refractivity contribution in [2.24, 2.45) is 17.8 Å². The molecular formula is C10H13N5O2. The predicted octanol–water partition coefficient (Wildman–Crippen LogP) is -0.388. The average Bonchev–Trinajstić information content (AvgIpc) is 2.81. The molecule has 17 heavy (non-hydrogen) atoms. The van der Waals surface area contributed by atoms with E-state index >= 15 is 0 Å². The molecule has 0 aromatic carbocycles. The molecule has 2 amide bonds. The summed E-state index contributed by atoms with van der Waals surface area (Å²) in [5, 5.41) is 9.46. The van der Waals surface area contributed by atoms with E-state index in [9.17, 15) is 9.59 Å². The number of carbonyl (C=O) groups excluding carboxylic acids is 2. The monoisotopic (exact) mass is 235 g/mol. The molecule has 0 bridgehead atoms. The van der Waals surface area contributed by atoms with E-state index in [4.69, 9.17) is 0 Å². The zero-order valence-corrected chi connectivity index (χ0v) is 9.14. The van der Waals surface area contributed by atoms with Crippen LogP contribution < -0.4 is 10.9 Å². The molecular weight excluding hydrogens is 222 g/mol. The van der Waals surface area contributed by atoms with Crippen molar-refractivity contribution in [3.8, 4) is 0 Å². The third kappa shape index (κ3) is 2.00. The summed E-state index contributed by atoms with van der Waals surface area (Å²) in [6, 6.07) is 0. The first-order chi connectivity index (χ1) is 8.24. The number of nitrogens with one attached hydrogen (secondary N) is 3. The Kier molecular flexibility index (Phi) is 2.31. The molecule has 3 rings (SSSR count). The van der Waals surface area contributed by atoms with Crippen LogP contribution in [0.3, 0.4) is 0 Å². The molecule has 1 unspecified atom stereocenters. The lowest BCUT2D eigenvalue weighted by molar-refractivity contribution is -0.125. The molecule has 3 N–H and O–H groups in total. The third-order valence-electron chi connectivity index (χ3n) is 3.56. The fourth-order valence-electron chi connectivity index (χ4n) is 2.52. The summed E-state index contributed by atoms with van der Waals surface area (Å²) < 4.78 is 0. The number of H-pyrrole nitrogens is 1. The summed E-state index contributed by atoms with van der Waals surface area (Å²) in [5.41, 5.74) is 4.92. The number of aromatic amines is 1. The van der Waals surface area contributed by atoms with Crippen LogP contribution in [0.1, 0.15) is 29.8 Å². The highest BCUT2D eigenvalue weighted by atomic mass is 16.2. The Morgan fingerprint density at radius 3 is 2.65 bits per heavy atom. The van der Waals surface area contributed by atoms with Crippen molar-refractivity contribution in [2.75, 3.05) is 0 Å². The molecule has 0 radical (unpaired) electrons. The molecule has 1 heterocycles. The average molecular weight is 235 g/mol. The summed E-state index contributed by atoms with van der Waals surface area (Å²) in [4.78, 5) is 23.2. The van der Waals surface area contributed by atoms with Gasteiger partial charge in [0, 0.05) is 5.92 Å². The quantitative estimate of drug-likeness (QED) is 0.608. The van der Waals surface area contributed by atoms with Crippen molar-refractivity contribution in [1.29, 1.82) is 0 Å². The van der Waals surface area contributed by atoms with Crippen molar-refractivity contribution in [3.63, 3.8) is 0 Å². The van der Waals surface area contributed by atoms with Crippen molar-refractivity contribution < 1.29 is 9.59 Å². The minimum atomic E-state index is -0.463. The van der Waals surface area contributed by atoms with Gasteiger partial charge in [-0.1, -0.05) is 0 Å². The number of hydrogen-bond acceptors (Lipinski definition) is 4. The van der Waals surface area contributed by atoms with Crippen LogP contribution in [0.2, 0.25) is 0 Å². The number of hydrazine groups is 1. The number of nitrogens with zero attached hydrogens (tertiary/aromatic N) is 2. The Bertz CT molecular complexity index is 434. The zero-order valence-electron chi connectivity index (χ0n) is 9.14. The van der Waals surface area contributed by atoms with Gasteiger partial charge in [0.25, 0.3) is 5.91 Å². The normalized spacial score (nSPS) is 29.5. The minimum absolute atomic E-state index is 0.0522. The van der Waals surface area contributed by atoms with E-state index in [0.29, 0.717) is 0 Å². The minimum Gasteiger partial charge on any atom is -0.273 e. The van der Waals surface area contributed by atoms with Gasteiger partial charge in [0.05, 0.1) is 6.20 Å². The SMILES string of the molecule is O=C(NNC(=O)C1C[C@@H]2C[C@@H]2C1)c1cn[nH]n1. The molecule has 2 saturated carbocycles. The van der Waals surface area contributed by atoms with Gasteiger partial charge in [-0.3, -0.25) is 20.4 Å². The lowest BCUT2D eigenvalue weighted by atomic mass is 10.0. The number of fused-ring (bicyclic) bond motifs is 1. The van der Waals surface area contributed by atoms with Crippen molar-refractivity contribution in [1.82, 2.24) is 26.3 Å². The lowest BCUT2D eigenvalue weighted by Gasteiger charge is -2.12.